The summed E-state index contributed by atoms with van der Waals surface area (Å²) in [5.41, 5.74) is 3.12. The zero-order chi connectivity index (χ0) is 24.1. The number of amides is 2. The molecular weight excluding hydrogens is 432 g/mol. The van der Waals surface area contributed by atoms with E-state index in [9.17, 15) is 4.79 Å². The number of carbonyl (C=O) groups is 1. The second-order valence-corrected chi connectivity index (χ2v) is 9.29. The molecule has 0 bridgehead atoms. The van der Waals surface area contributed by atoms with Crippen LogP contribution in [0.15, 0.2) is 18.2 Å². The number of urea groups is 1. The predicted molar refractivity (Wildman–Crippen MR) is 134 cm³/mol. The van der Waals surface area contributed by atoms with Crippen LogP contribution in [0.3, 0.4) is 0 Å². The van der Waals surface area contributed by atoms with Crippen molar-refractivity contribution in [2.75, 3.05) is 43.8 Å². The van der Waals surface area contributed by atoms with E-state index < -0.39 is 0 Å². The van der Waals surface area contributed by atoms with E-state index >= 15 is 0 Å². The summed E-state index contributed by atoms with van der Waals surface area (Å²) in [6.45, 7) is 0. The maximum atomic E-state index is 12.5. The minimum Gasteiger partial charge on any atom is -0.497 e. The highest BCUT2D eigenvalue weighted by Gasteiger charge is 2.25. The van der Waals surface area contributed by atoms with Crippen molar-refractivity contribution in [2.24, 2.45) is 0 Å². The number of benzene rings is 1. The number of anilines is 3. The van der Waals surface area contributed by atoms with E-state index in [1.165, 1.54) is 24.1 Å². The molecule has 0 saturated heterocycles. The van der Waals surface area contributed by atoms with Gasteiger partial charge in [-0.15, -0.1) is 0 Å². The SMILES string of the molecule is COc1cc(NC(=O)N[C@H]2CC[C@@H](Nc3nc4c(c(N(C)C)n3)CCCC4)CC2)cc(OC)c1. The van der Waals surface area contributed by atoms with E-state index in [1.54, 1.807) is 32.4 Å². The maximum absolute atomic E-state index is 12.5. The van der Waals surface area contributed by atoms with Crippen LogP contribution in [0.4, 0.5) is 22.2 Å². The van der Waals surface area contributed by atoms with E-state index in [2.05, 4.69) is 20.9 Å². The molecule has 4 rings (SSSR count). The van der Waals surface area contributed by atoms with Gasteiger partial charge in [-0.2, -0.15) is 4.98 Å². The summed E-state index contributed by atoms with van der Waals surface area (Å²) < 4.78 is 10.5. The van der Waals surface area contributed by atoms with Crippen molar-refractivity contribution in [1.82, 2.24) is 15.3 Å². The summed E-state index contributed by atoms with van der Waals surface area (Å²) in [5, 5.41) is 9.54. The van der Waals surface area contributed by atoms with Crippen LogP contribution in [0.25, 0.3) is 0 Å². The van der Waals surface area contributed by atoms with Crippen LogP contribution in [0.5, 0.6) is 11.5 Å². The minimum atomic E-state index is -0.222. The van der Waals surface area contributed by atoms with Crippen LogP contribution in [0.1, 0.15) is 49.8 Å². The first-order valence-electron chi connectivity index (χ1n) is 12.1. The van der Waals surface area contributed by atoms with Gasteiger partial charge in [0.15, 0.2) is 0 Å². The third-order valence-corrected chi connectivity index (χ3v) is 6.59. The fourth-order valence-electron chi connectivity index (χ4n) is 4.81. The number of nitrogens with one attached hydrogen (secondary N) is 3. The Hall–Kier alpha value is -3.23. The average molecular weight is 469 g/mol. The van der Waals surface area contributed by atoms with Crippen LogP contribution in [-0.2, 0) is 12.8 Å². The smallest absolute Gasteiger partial charge is 0.319 e. The number of methoxy groups -OCH3 is 2. The van der Waals surface area contributed by atoms with Gasteiger partial charge in [0.2, 0.25) is 5.95 Å². The number of aryl methyl sites for hydroxylation is 1. The zero-order valence-corrected chi connectivity index (χ0v) is 20.6. The second-order valence-electron chi connectivity index (χ2n) is 9.29. The Kier molecular flexibility index (Phi) is 7.59. The van der Waals surface area contributed by atoms with Gasteiger partial charge in [-0.25, -0.2) is 9.78 Å². The van der Waals surface area contributed by atoms with Gasteiger partial charge in [0.1, 0.15) is 17.3 Å². The lowest BCUT2D eigenvalue weighted by Crippen LogP contribution is -2.42. The summed E-state index contributed by atoms with van der Waals surface area (Å²) in [6, 6.07) is 5.52. The molecule has 2 aliphatic rings. The summed E-state index contributed by atoms with van der Waals surface area (Å²) in [5.74, 6) is 3.02. The highest BCUT2D eigenvalue weighted by Crippen LogP contribution is 2.30. The van der Waals surface area contributed by atoms with Gasteiger partial charge in [-0.1, -0.05) is 0 Å². The van der Waals surface area contributed by atoms with Crippen LogP contribution in [0, 0.1) is 0 Å². The molecule has 0 unspecified atom stereocenters. The lowest BCUT2D eigenvalue weighted by atomic mass is 9.91. The Morgan fingerprint density at radius 1 is 0.941 bits per heavy atom. The number of nitrogens with zero attached hydrogens (tertiary/aromatic N) is 3. The molecule has 1 fully saturated rings. The van der Waals surface area contributed by atoms with E-state index in [4.69, 9.17) is 19.4 Å². The lowest BCUT2D eigenvalue weighted by Gasteiger charge is -2.30. The van der Waals surface area contributed by atoms with Crippen LogP contribution >= 0.6 is 0 Å². The Labute approximate surface area is 201 Å². The largest absolute Gasteiger partial charge is 0.497 e. The molecule has 0 spiro atoms. The summed E-state index contributed by atoms with van der Waals surface area (Å²) in [4.78, 5) is 24.3. The fourth-order valence-corrected chi connectivity index (χ4v) is 4.81. The molecule has 9 heteroatoms. The molecule has 0 aliphatic heterocycles. The van der Waals surface area contributed by atoms with Gasteiger partial charge in [0.25, 0.3) is 0 Å². The molecule has 2 aromatic rings. The standard InChI is InChI=1S/C25H36N6O3/c1-31(2)23-21-7-5-6-8-22(21)29-24(30-23)26-16-9-11-17(12-10-16)27-25(32)28-18-13-19(33-3)15-20(14-18)34-4/h13-17H,5-12H2,1-4H3,(H,26,29,30)(H2,27,28,32)/t16-,17+. The van der Waals surface area contributed by atoms with Crippen molar-refractivity contribution in [3.05, 3.63) is 29.5 Å². The first-order chi connectivity index (χ1) is 16.4. The van der Waals surface area contributed by atoms with Gasteiger partial charge >= 0.3 is 6.03 Å². The third kappa shape index (κ3) is 5.81. The molecule has 9 nitrogen and oxygen atoms in total. The van der Waals surface area contributed by atoms with Crippen molar-refractivity contribution in [2.45, 2.75) is 63.5 Å². The molecule has 2 aliphatic carbocycles. The van der Waals surface area contributed by atoms with Crippen molar-refractivity contribution >= 4 is 23.5 Å². The van der Waals surface area contributed by atoms with Crippen molar-refractivity contribution in [1.29, 1.82) is 0 Å². The Bertz CT molecular complexity index is 982. The number of fused-ring (bicyclic) bond motifs is 1. The van der Waals surface area contributed by atoms with Crippen LogP contribution in [0.2, 0.25) is 0 Å². The number of hydrogen-bond acceptors (Lipinski definition) is 7. The maximum Gasteiger partial charge on any atom is 0.319 e. The third-order valence-electron chi connectivity index (χ3n) is 6.59. The molecule has 0 radical (unpaired) electrons. The zero-order valence-electron chi connectivity index (χ0n) is 20.6. The lowest BCUT2D eigenvalue weighted by molar-refractivity contribution is 0.243. The first kappa shape index (κ1) is 23.9. The van der Waals surface area contributed by atoms with Crippen molar-refractivity contribution in [3.63, 3.8) is 0 Å². The molecule has 184 valence electrons. The molecular formula is C25H36N6O3. The number of carbonyl (C=O) groups excluding carboxylic acids is 1. The molecule has 34 heavy (non-hydrogen) atoms. The molecule has 1 aromatic carbocycles. The van der Waals surface area contributed by atoms with Crippen molar-refractivity contribution in [3.8, 4) is 11.5 Å². The van der Waals surface area contributed by atoms with Gasteiger partial charge in [0.05, 0.1) is 19.9 Å². The quantitative estimate of drug-likeness (QED) is 0.565. The van der Waals surface area contributed by atoms with E-state index in [0.29, 0.717) is 23.2 Å². The number of rotatable bonds is 7. The Morgan fingerprint density at radius 3 is 2.24 bits per heavy atom. The molecule has 3 N–H and O–H groups in total. The molecule has 1 aromatic heterocycles. The topological polar surface area (TPSA) is 101 Å². The van der Waals surface area contributed by atoms with Crippen LogP contribution < -0.4 is 30.3 Å². The van der Waals surface area contributed by atoms with Crippen molar-refractivity contribution < 1.29 is 14.3 Å². The van der Waals surface area contributed by atoms with Gasteiger partial charge < -0.3 is 30.3 Å². The molecule has 1 heterocycles. The molecule has 1 saturated carbocycles. The van der Waals surface area contributed by atoms with E-state index in [-0.39, 0.29) is 12.1 Å². The number of aromatic nitrogens is 2. The van der Waals surface area contributed by atoms with Gasteiger partial charge in [-0.3, -0.25) is 0 Å². The molecule has 2 amide bonds. The highest BCUT2D eigenvalue weighted by atomic mass is 16.5. The summed E-state index contributed by atoms with van der Waals surface area (Å²) in [6.07, 6.45) is 8.20. The normalized spacial score (nSPS) is 19.5. The van der Waals surface area contributed by atoms with Gasteiger partial charge in [0, 0.05) is 55.6 Å². The molecule has 0 atom stereocenters. The Balaban J connectivity index is 1.30. The van der Waals surface area contributed by atoms with Gasteiger partial charge in [-0.05, 0) is 51.4 Å². The summed E-state index contributed by atoms with van der Waals surface area (Å²) >= 11 is 0. The second kappa shape index (κ2) is 10.8. The minimum absolute atomic E-state index is 0.132. The highest BCUT2D eigenvalue weighted by molar-refractivity contribution is 5.90. The van der Waals surface area contributed by atoms with E-state index in [1.807, 2.05) is 14.1 Å². The Morgan fingerprint density at radius 2 is 1.59 bits per heavy atom. The summed E-state index contributed by atoms with van der Waals surface area (Å²) in [7, 11) is 7.26. The average Bonchev–Trinajstić information content (AvgIpc) is 2.84. The van der Waals surface area contributed by atoms with E-state index in [0.717, 1.165) is 50.3 Å². The van der Waals surface area contributed by atoms with Crippen LogP contribution in [-0.4, -0.2) is 56.4 Å². The first-order valence-corrected chi connectivity index (χ1v) is 12.1. The fraction of sp³-hybridized carbons (Fsp3) is 0.560. The predicted octanol–water partition coefficient (Wildman–Crippen LogP) is 3.98. The monoisotopic (exact) mass is 468 g/mol. The number of hydrogen-bond donors (Lipinski definition) is 3. The number of ether oxygens (including phenoxy) is 2.